The molecule has 1 aliphatic rings. The SMILES string of the molecule is CCOC(=O)/C(C#N)=C1\OCC\C1=C\N(C)C. The third-order valence-corrected chi connectivity index (χ3v) is 2.14. The number of carbonyl (C=O) groups excluding carboxylic acids is 1. The minimum Gasteiger partial charge on any atom is -0.491 e. The highest BCUT2D eigenvalue weighted by Gasteiger charge is 2.25. The molecular formula is C12H16N2O3. The van der Waals surface area contributed by atoms with Crippen LogP contribution in [0.15, 0.2) is 23.1 Å². The van der Waals surface area contributed by atoms with Gasteiger partial charge in [0.1, 0.15) is 11.8 Å². The van der Waals surface area contributed by atoms with Gasteiger partial charge in [0, 0.05) is 32.3 Å². The third kappa shape index (κ3) is 3.25. The molecule has 0 saturated carbocycles. The van der Waals surface area contributed by atoms with E-state index in [1.54, 1.807) is 6.92 Å². The Bertz CT molecular complexity index is 402. The molecular weight excluding hydrogens is 220 g/mol. The Labute approximate surface area is 101 Å². The second kappa shape index (κ2) is 5.94. The number of esters is 1. The van der Waals surface area contributed by atoms with Gasteiger partial charge in [0.25, 0.3) is 0 Å². The molecule has 0 radical (unpaired) electrons. The van der Waals surface area contributed by atoms with Crippen molar-refractivity contribution in [1.82, 2.24) is 4.90 Å². The number of nitriles is 1. The summed E-state index contributed by atoms with van der Waals surface area (Å²) in [6.45, 7) is 2.42. The second-order valence-electron chi connectivity index (χ2n) is 3.75. The molecule has 1 saturated heterocycles. The molecule has 1 aliphatic heterocycles. The minimum absolute atomic E-state index is 0.0579. The van der Waals surface area contributed by atoms with Gasteiger partial charge in [0.15, 0.2) is 5.57 Å². The summed E-state index contributed by atoms with van der Waals surface area (Å²) in [6, 6.07) is 1.85. The quantitative estimate of drug-likeness (QED) is 0.418. The van der Waals surface area contributed by atoms with Crippen LogP contribution in [-0.2, 0) is 14.3 Å². The van der Waals surface area contributed by atoms with Gasteiger partial charge in [0.2, 0.25) is 0 Å². The zero-order valence-electron chi connectivity index (χ0n) is 10.3. The Morgan fingerprint density at radius 1 is 1.65 bits per heavy atom. The molecule has 0 aromatic carbocycles. The molecule has 0 spiro atoms. The summed E-state index contributed by atoms with van der Waals surface area (Å²) < 4.78 is 10.2. The fourth-order valence-electron chi connectivity index (χ4n) is 1.53. The predicted octanol–water partition coefficient (Wildman–Crippen LogP) is 1.19. The average Bonchev–Trinajstić information content (AvgIpc) is 2.67. The zero-order valence-corrected chi connectivity index (χ0v) is 10.3. The molecule has 0 aliphatic carbocycles. The Morgan fingerprint density at radius 2 is 2.35 bits per heavy atom. The molecule has 92 valence electrons. The van der Waals surface area contributed by atoms with E-state index in [9.17, 15) is 4.79 Å². The number of hydrogen-bond donors (Lipinski definition) is 0. The van der Waals surface area contributed by atoms with Crippen molar-refractivity contribution >= 4 is 5.97 Å². The van der Waals surface area contributed by atoms with Crippen molar-refractivity contribution in [2.24, 2.45) is 0 Å². The van der Waals surface area contributed by atoms with Crippen LogP contribution in [-0.4, -0.2) is 38.2 Å². The van der Waals surface area contributed by atoms with Crippen molar-refractivity contribution < 1.29 is 14.3 Å². The Kier molecular flexibility index (Phi) is 4.58. The highest BCUT2D eigenvalue weighted by molar-refractivity contribution is 5.94. The molecule has 1 fully saturated rings. The average molecular weight is 236 g/mol. The Morgan fingerprint density at radius 3 is 2.88 bits per heavy atom. The monoisotopic (exact) mass is 236 g/mol. The molecule has 0 N–H and O–H groups in total. The molecule has 0 amide bonds. The normalized spacial score (nSPS) is 19.5. The van der Waals surface area contributed by atoms with Crippen molar-refractivity contribution in [2.75, 3.05) is 27.3 Å². The van der Waals surface area contributed by atoms with Crippen LogP contribution in [0.1, 0.15) is 13.3 Å². The van der Waals surface area contributed by atoms with Gasteiger partial charge < -0.3 is 14.4 Å². The lowest BCUT2D eigenvalue weighted by Crippen LogP contribution is -2.10. The first-order chi connectivity index (χ1) is 8.10. The molecule has 1 heterocycles. The smallest absolute Gasteiger partial charge is 0.352 e. The molecule has 5 heteroatoms. The minimum atomic E-state index is -0.628. The third-order valence-electron chi connectivity index (χ3n) is 2.14. The van der Waals surface area contributed by atoms with E-state index in [0.717, 1.165) is 5.57 Å². The van der Waals surface area contributed by atoms with Crippen LogP contribution in [0.4, 0.5) is 0 Å². The number of rotatable bonds is 3. The van der Waals surface area contributed by atoms with Crippen LogP contribution in [0.2, 0.25) is 0 Å². The van der Waals surface area contributed by atoms with Gasteiger partial charge in [-0.3, -0.25) is 0 Å². The van der Waals surface area contributed by atoms with E-state index >= 15 is 0 Å². The van der Waals surface area contributed by atoms with Crippen molar-refractivity contribution in [3.05, 3.63) is 23.1 Å². The van der Waals surface area contributed by atoms with Gasteiger partial charge in [-0.05, 0) is 6.92 Å². The summed E-state index contributed by atoms with van der Waals surface area (Å²) in [5.74, 6) is -0.281. The lowest BCUT2D eigenvalue weighted by atomic mass is 10.1. The Hall–Kier alpha value is -1.96. The first kappa shape index (κ1) is 13.1. The first-order valence-electron chi connectivity index (χ1n) is 5.42. The van der Waals surface area contributed by atoms with Gasteiger partial charge in [-0.1, -0.05) is 0 Å². The van der Waals surface area contributed by atoms with Crippen LogP contribution in [0.25, 0.3) is 0 Å². The standard InChI is InChI=1S/C12H16N2O3/c1-4-16-12(15)10(7-13)11-9(5-6-17-11)8-14(2)3/h8H,4-6H2,1-3H3/b9-8-,11-10-. The van der Waals surface area contributed by atoms with E-state index in [2.05, 4.69) is 0 Å². The highest BCUT2D eigenvalue weighted by atomic mass is 16.5. The van der Waals surface area contributed by atoms with Crippen molar-refractivity contribution in [3.8, 4) is 6.07 Å². The molecule has 0 unspecified atom stereocenters. The Balaban J connectivity index is 3.08. The van der Waals surface area contributed by atoms with Gasteiger partial charge in [-0.25, -0.2) is 4.79 Å². The van der Waals surface area contributed by atoms with Gasteiger partial charge >= 0.3 is 5.97 Å². The fraction of sp³-hybridized carbons (Fsp3) is 0.500. The maximum Gasteiger partial charge on any atom is 0.352 e. The van der Waals surface area contributed by atoms with Crippen LogP contribution < -0.4 is 0 Å². The first-order valence-corrected chi connectivity index (χ1v) is 5.42. The summed E-state index contributed by atoms with van der Waals surface area (Å²) in [4.78, 5) is 13.4. The van der Waals surface area contributed by atoms with E-state index in [4.69, 9.17) is 14.7 Å². The summed E-state index contributed by atoms with van der Waals surface area (Å²) in [5.41, 5.74) is 0.789. The fourth-order valence-corrected chi connectivity index (χ4v) is 1.53. The van der Waals surface area contributed by atoms with E-state index in [-0.39, 0.29) is 12.2 Å². The number of ether oxygens (including phenoxy) is 2. The van der Waals surface area contributed by atoms with Crippen molar-refractivity contribution in [2.45, 2.75) is 13.3 Å². The summed E-state index contributed by atoms with van der Waals surface area (Å²) >= 11 is 0. The lowest BCUT2D eigenvalue weighted by molar-refractivity contribution is -0.138. The molecule has 1 rings (SSSR count). The van der Waals surface area contributed by atoms with E-state index in [1.807, 2.05) is 31.3 Å². The number of allylic oxidation sites excluding steroid dienone is 1. The van der Waals surface area contributed by atoms with Gasteiger partial charge in [-0.2, -0.15) is 5.26 Å². The zero-order chi connectivity index (χ0) is 12.8. The van der Waals surface area contributed by atoms with Crippen LogP contribution in [0.3, 0.4) is 0 Å². The van der Waals surface area contributed by atoms with Crippen LogP contribution >= 0.6 is 0 Å². The maximum atomic E-state index is 11.6. The predicted molar refractivity (Wildman–Crippen MR) is 61.6 cm³/mol. The van der Waals surface area contributed by atoms with E-state index in [1.165, 1.54) is 0 Å². The number of nitrogens with zero attached hydrogens (tertiary/aromatic N) is 2. The summed E-state index contributed by atoms with van der Waals surface area (Å²) in [7, 11) is 3.75. The number of carbonyl (C=O) groups is 1. The van der Waals surface area contributed by atoms with E-state index < -0.39 is 5.97 Å². The van der Waals surface area contributed by atoms with E-state index in [0.29, 0.717) is 18.8 Å². The second-order valence-corrected chi connectivity index (χ2v) is 3.75. The van der Waals surface area contributed by atoms with Crippen molar-refractivity contribution in [3.63, 3.8) is 0 Å². The van der Waals surface area contributed by atoms with Crippen LogP contribution in [0.5, 0.6) is 0 Å². The molecule has 0 bridgehead atoms. The lowest BCUT2D eigenvalue weighted by Gasteiger charge is -2.08. The largest absolute Gasteiger partial charge is 0.491 e. The van der Waals surface area contributed by atoms with Gasteiger partial charge in [0.05, 0.1) is 13.2 Å². The number of hydrogen-bond acceptors (Lipinski definition) is 5. The maximum absolute atomic E-state index is 11.6. The topological polar surface area (TPSA) is 62.6 Å². The van der Waals surface area contributed by atoms with Gasteiger partial charge in [-0.15, -0.1) is 0 Å². The molecule has 17 heavy (non-hydrogen) atoms. The molecule has 0 aromatic rings. The van der Waals surface area contributed by atoms with Crippen molar-refractivity contribution in [1.29, 1.82) is 5.26 Å². The highest BCUT2D eigenvalue weighted by Crippen LogP contribution is 2.27. The molecule has 0 aromatic heterocycles. The summed E-state index contributed by atoms with van der Waals surface area (Å²) in [5, 5.41) is 9.01. The summed E-state index contributed by atoms with van der Waals surface area (Å²) in [6.07, 6.45) is 2.54. The molecule has 5 nitrogen and oxygen atoms in total. The van der Waals surface area contributed by atoms with Crippen LogP contribution in [0, 0.1) is 11.3 Å². The molecule has 0 atom stereocenters.